The molecule has 4 heteroatoms. The zero-order valence-corrected chi connectivity index (χ0v) is 11.3. The zero-order valence-electron chi connectivity index (χ0n) is 11.3. The van der Waals surface area contributed by atoms with Gasteiger partial charge in [-0.2, -0.15) is 0 Å². The van der Waals surface area contributed by atoms with Crippen LogP contribution < -0.4 is 10.1 Å². The maximum Gasteiger partial charge on any atom is 0.123 e. The fourth-order valence-electron chi connectivity index (χ4n) is 1.70. The Balaban J connectivity index is 2.38. The van der Waals surface area contributed by atoms with Gasteiger partial charge in [-0.25, -0.2) is 4.39 Å². The van der Waals surface area contributed by atoms with Gasteiger partial charge in [-0.15, -0.1) is 0 Å². The van der Waals surface area contributed by atoms with Gasteiger partial charge in [0.05, 0.1) is 13.2 Å². The first-order chi connectivity index (χ1) is 8.50. The van der Waals surface area contributed by atoms with E-state index in [0.29, 0.717) is 12.4 Å². The summed E-state index contributed by atoms with van der Waals surface area (Å²) in [5.41, 5.74) is 0.537. The number of ether oxygens (including phenoxy) is 1. The highest BCUT2D eigenvalue weighted by Gasteiger charge is 2.19. The Bertz CT molecular complexity index is 378. The van der Waals surface area contributed by atoms with Crippen LogP contribution in [-0.4, -0.2) is 30.9 Å². The van der Waals surface area contributed by atoms with E-state index >= 15 is 0 Å². The molecule has 0 aliphatic carbocycles. The molecule has 0 saturated heterocycles. The minimum absolute atomic E-state index is 0.0963. The van der Waals surface area contributed by atoms with E-state index in [1.807, 2.05) is 20.9 Å². The van der Waals surface area contributed by atoms with E-state index in [-0.39, 0.29) is 18.0 Å². The average molecular weight is 255 g/mol. The molecule has 2 N–H and O–H groups in total. The number of benzene rings is 1. The van der Waals surface area contributed by atoms with Gasteiger partial charge in [0.15, 0.2) is 0 Å². The number of halogens is 1. The van der Waals surface area contributed by atoms with Crippen LogP contribution in [0.5, 0.6) is 5.75 Å². The lowest BCUT2D eigenvalue weighted by molar-refractivity contribution is 0.163. The Morgan fingerprint density at radius 1 is 1.44 bits per heavy atom. The third-order valence-corrected chi connectivity index (χ3v) is 3.22. The second kappa shape index (κ2) is 6.71. The van der Waals surface area contributed by atoms with Crippen molar-refractivity contribution in [3.05, 3.63) is 29.6 Å². The topological polar surface area (TPSA) is 41.5 Å². The molecule has 0 saturated carbocycles. The zero-order chi connectivity index (χ0) is 13.6. The number of rotatable bonds is 7. The first kappa shape index (κ1) is 14.9. The number of nitrogens with one attached hydrogen (secondary N) is 1. The number of aliphatic hydroxyl groups is 1. The quantitative estimate of drug-likeness (QED) is 0.734. The molecule has 0 aliphatic rings. The first-order valence-corrected chi connectivity index (χ1v) is 6.19. The fraction of sp³-hybridized carbons (Fsp3) is 0.571. The van der Waals surface area contributed by atoms with E-state index in [4.69, 9.17) is 4.74 Å². The lowest BCUT2D eigenvalue weighted by atomic mass is 9.97. The third-order valence-electron chi connectivity index (χ3n) is 3.22. The van der Waals surface area contributed by atoms with E-state index < -0.39 is 0 Å². The van der Waals surface area contributed by atoms with Crippen molar-refractivity contribution in [3.63, 3.8) is 0 Å². The SMILES string of the molecule is CNC(C)(CO)CCCOc1ccc(F)cc1C. The summed E-state index contributed by atoms with van der Waals surface area (Å²) >= 11 is 0. The number of aryl methyl sites for hydroxylation is 1. The van der Waals surface area contributed by atoms with Crippen LogP contribution >= 0.6 is 0 Å². The van der Waals surface area contributed by atoms with Crippen molar-refractivity contribution in [2.45, 2.75) is 32.2 Å². The number of hydrogen-bond donors (Lipinski definition) is 2. The highest BCUT2D eigenvalue weighted by Crippen LogP contribution is 2.19. The molecule has 1 rings (SSSR count). The average Bonchev–Trinajstić information content (AvgIpc) is 2.36. The normalized spacial score (nSPS) is 14.3. The van der Waals surface area contributed by atoms with E-state index in [1.54, 1.807) is 6.07 Å². The molecule has 0 radical (unpaired) electrons. The van der Waals surface area contributed by atoms with Crippen LogP contribution in [0.15, 0.2) is 18.2 Å². The minimum atomic E-state index is -0.263. The molecule has 1 unspecified atom stereocenters. The Kier molecular flexibility index (Phi) is 5.56. The number of likely N-dealkylation sites (N-methyl/N-ethyl adjacent to an activating group) is 1. The molecule has 0 aliphatic heterocycles. The van der Waals surface area contributed by atoms with Crippen molar-refractivity contribution in [2.24, 2.45) is 0 Å². The predicted octanol–water partition coefficient (Wildman–Crippen LogP) is 2.26. The van der Waals surface area contributed by atoms with Crippen molar-refractivity contribution < 1.29 is 14.2 Å². The fourth-order valence-corrected chi connectivity index (χ4v) is 1.70. The van der Waals surface area contributed by atoms with Crippen LogP contribution in [0.3, 0.4) is 0 Å². The monoisotopic (exact) mass is 255 g/mol. The van der Waals surface area contributed by atoms with Crippen molar-refractivity contribution in [1.82, 2.24) is 5.32 Å². The summed E-state index contributed by atoms with van der Waals surface area (Å²) in [4.78, 5) is 0. The van der Waals surface area contributed by atoms with Gasteiger partial charge in [-0.05, 0) is 57.5 Å². The van der Waals surface area contributed by atoms with Gasteiger partial charge < -0.3 is 15.2 Å². The van der Waals surface area contributed by atoms with E-state index in [1.165, 1.54) is 12.1 Å². The van der Waals surface area contributed by atoms with Crippen LogP contribution in [0.25, 0.3) is 0 Å². The van der Waals surface area contributed by atoms with Crippen LogP contribution in [0.1, 0.15) is 25.3 Å². The molecule has 18 heavy (non-hydrogen) atoms. The van der Waals surface area contributed by atoms with E-state index in [2.05, 4.69) is 5.32 Å². The van der Waals surface area contributed by atoms with Crippen molar-refractivity contribution in [3.8, 4) is 5.75 Å². The number of hydrogen-bond acceptors (Lipinski definition) is 3. The van der Waals surface area contributed by atoms with Gasteiger partial charge in [0.25, 0.3) is 0 Å². The van der Waals surface area contributed by atoms with Crippen molar-refractivity contribution >= 4 is 0 Å². The Morgan fingerprint density at radius 2 is 2.17 bits per heavy atom. The Hall–Kier alpha value is -1.13. The second-order valence-electron chi connectivity index (χ2n) is 4.83. The summed E-state index contributed by atoms with van der Waals surface area (Å²) in [6, 6.07) is 4.50. The molecule has 0 fully saturated rings. The van der Waals surface area contributed by atoms with Gasteiger partial charge in [0.1, 0.15) is 11.6 Å². The van der Waals surface area contributed by atoms with E-state index in [9.17, 15) is 9.50 Å². The van der Waals surface area contributed by atoms with Gasteiger partial charge in [0.2, 0.25) is 0 Å². The lowest BCUT2D eigenvalue weighted by Crippen LogP contribution is -2.43. The Morgan fingerprint density at radius 3 is 2.72 bits per heavy atom. The van der Waals surface area contributed by atoms with Gasteiger partial charge in [-0.1, -0.05) is 0 Å². The van der Waals surface area contributed by atoms with Crippen molar-refractivity contribution in [1.29, 1.82) is 0 Å². The maximum atomic E-state index is 12.9. The molecule has 0 bridgehead atoms. The summed E-state index contributed by atoms with van der Waals surface area (Å²) in [5.74, 6) is 0.467. The molecule has 0 spiro atoms. The molecule has 0 amide bonds. The number of aliphatic hydroxyl groups excluding tert-OH is 1. The predicted molar refractivity (Wildman–Crippen MR) is 70.4 cm³/mol. The molecular formula is C14H22FNO2. The minimum Gasteiger partial charge on any atom is -0.493 e. The lowest BCUT2D eigenvalue weighted by Gasteiger charge is -2.26. The molecule has 1 aromatic rings. The van der Waals surface area contributed by atoms with Crippen LogP contribution in [0, 0.1) is 12.7 Å². The smallest absolute Gasteiger partial charge is 0.123 e. The Labute approximate surface area is 108 Å². The highest BCUT2D eigenvalue weighted by atomic mass is 19.1. The molecule has 1 atom stereocenters. The van der Waals surface area contributed by atoms with Crippen molar-refractivity contribution in [2.75, 3.05) is 20.3 Å². The molecule has 0 heterocycles. The molecule has 1 aromatic carbocycles. The summed E-state index contributed by atoms with van der Waals surface area (Å²) in [6.07, 6.45) is 1.65. The van der Waals surface area contributed by atoms with Gasteiger partial charge in [0, 0.05) is 5.54 Å². The second-order valence-corrected chi connectivity index (χ2v) is 4.83. The first-order valence-electron chi connectivity index (χ1n) is 6.19. The summed E-state index contributed by atoms with van der Waals surface area (Å²) in [6.45, 7) is 4.45. The molecular weight excluding hydrogens is 233 g/mol. The summed E-state index contributed by atoms with van der Waals surface area (Å²) in [7, 11) is 1.83. The summed E-state index contributed by atoms with van der Waals surface area (Å²) < 4.78 is 18.5. The molecule has 0 aromatic heterocycles. The van der Waals surface area contributed by atoms with Crippen LogP contribution in [-0.2, 0) is 0 Å². The van der Waals surface area contributed by atoms with Crippen LogP contribution in [0.2, 0.25) is 0 Å². The largest absolute Gasteiger partial charge is 0.493 e. The van der Waals surface area contributed by atoms with E-state index in [0.717, 1.165) is 18.4 Å². The summed E-state index contributed by atoms with van der Waals surface area (Å²) in [5, 5.41) is 12.3. The third kappa shape index (κ3) is 4.27. The molecule has 102 valence electrons. The van der Waals surface area contributed by atoms with Gasteiger partial charge in [-0.3, -0.25) is 0 Å². The highest BCUT2D eigenvalue weighted by molar-refractivity contribution is 5.32. The van der Waals surface area contributed by atoms with Gasteiger partial charge >= 0.3 is 0 Å². The standard InChI is InChI=1S/C14H22FNO2/c1-11-9-12(15)5-6-13(11)18-8-4-7-14(2,10-17)16-3/h5-6,9,16-17H,4,7-8,10H2,1-3H3. The maximum absolute atomic E-state index is 12.9. The van der Waals surface area contributed by atoms with Crippen LogP contribution in [0.4, 0.5) is 4.39 Å². The molecule has 3 nitrogen and oxygen atoms in total.